The molecule has 6 fully saturated rings. The third kappa shape index (κ3) is 3.03. The number of ether oxygens (including phenoxy) is 1. The molecule has 2 aliphatic heterocycles. The summed E-state index contributed by atoms with van der Waals surface area (Å²) in [6, 6.07) is 0. The first-order valence-electron chi connectivity index (χ1n) is 13.6. The average molecular weight is 497 g/mol. The number of rotatable bonds is 8. The summed E-state index contributed by atoms with van der Waals surface area (Å²) in [4.78, 5) is 14.2. The largest absolute Gasteiger partial charge is 0.392 e. The van der Waals surface area contributed by atoms with Crippen molar-refractivity contribution in [3.63, 3.8) is 0 Å². The number of unbranched alkanes of at least 4 members (excludes halogenated alkanes) is 4. The summed E-state index contributed by atoms with van der Waals surface area (Å²) in [5.41, 5.74) is -2.69. The lowest BCUT2D eigenvalue weighted by atomic mass is 9.35. The molecule has 0 radical (unpaired) electrons. The summed E-state index contributed by atoms with van der Waals surface area (Å²) < 4.78 is 6.02. The molecule has 6 aliphatic rings. The molecule has 2 heterocycles. The van der Waals surface area contributed by atoms with Crippen molar-refractivity contribution in [1.29, 1.82) is 0 Å². The molecule has 0 unspecified atom stereocenters. The maximum atomic E-state index is 14.2. The van der Waals surface area contributed by atoms with Gasteiger partial charge in [0.15, 0.2) is 5.78 Å². The molecule has 194 valence electrons. The van der Waals surface area contributed by atoms with E-state index in [1.165, 1.54) is 25.7 Å². The summed E-state index contributed by atoms with van der Waals surface area (Å²) in [6.45, 7) is 6.51. The molecule has 34 heavy (non-hydrogen) atoms. The highest BCUT2D eigenvalue weighted by molar-refractivity contribution is 7.99. The number of ketones is 1. The van der Waals surface area contributed by atoms with Crippen LogP contribution in [-0.2, 0) is 9.53 Å². The number of aliphatic hydroxyl groups excluding tert-OH is 3. The normalized spacial score (nSPS) is 50.8. The second-order valence-corrected chi connectivity index (χ2v) is 13.8. The Hall–Kier alpha value is -0.180. The minimum Gasteiger partial charge on any atom is -0.392 e. The van der Waals surface area contributed by atoms with Crippen LogP contribution in [0.3, 0.4) is 0 Å². The van der Waals surface area contributed by atoms with E-state index in [0.717, 1.165) is 25.0 Å². The van der Waals surface area contributed by atoms with Crippen LogP contribution in [-0.4, -0.2) is 68.4 Å². The molecule has 4 N–H and O–H groups in total. The van der Waals surface area contributed by atoms with E-state index in [1.54, 1.807) is 11.8 Å². The van der Waals surface area contributed by atoms with Crippen LogP contribution in [0.4, 0.5) is 0 Å². The van der Waals surface area contributed by atoms with Gasteiger partial charge in [-0.3, -0.25) is 4.79 Å². The second kappa shape index (κ2) is 8.70. The van der Waals surface area contributed by atoms with Gasteiger partial charge in [-0.2, -0.15) is 11.8 Å². The number of thioether (sulfide) groups is 1. The maximum absolute atomic E-state index is 14.2. The number of carbonyl (C=O) groups is 1. The highest BCUT2D eigenvalue weighted by atomic mass is 32.2. The van der Waals surface area contributed by atoms with Crippen molar-refractivity contribution >= 4 is 17.5 Å². The van der Waals surface area contributed by atoms with E-state index < -0.39 is 34.9 Å². The zero-order valence-corrected chi connectivity index (χ0v) is 21.9. The van der Waals surface area contributed by atoms with Gasteiger partial charge in [0.2, 0.25) is 5.79 Å². The van der Waals surface area contributed by atoms with Gasteiger partial charge in [0.1, 0.15) is 11.5 Å². The number of carbonyl (C=O) groups excluding carboxylic acids is 1. The second-order valence-electron chi connectivity index (χ2n) is 12.6. The predicted octanol–water partition coefficient (Wildman–Crippen LogP) is 3.14. The Morgan fingerprint density at radius 3 is 2.50 bits per heavy atom. The number of hydrogen-bond donors (Lipinski definition) is 4. The smallest absolute Gasteiger partial charge is 0.208 e. The maximum Gasteiger partial charge on any atom is 0.208 e. The molecule has 4 bridgehead atoms. The van der Waals surface area contributed by atoms with Gasteiger partial charge in [-0.15, -0.1) is 0 Å². The van der Waals surface area contributed by atoms with Gasteiger partial charge in [0, 0.05) is 23.0 Å². The zero-order valence-electron chi connectivity index (χ0n) is 21.0. The fraction of sp³-hybridized carbons (Fsp3) is 0.963. The van der Waals surface area contributed by atoms with E-state index in [-0.39, 0.29) is 41.5 Å². The fourth-order valence-electron chi connectivity index (χ4n) is 9.31. The quantitative estimate of drug-likeness (QED) is 0.383. The summed E-state index contributed by atoms with van der Waals surface area (Å²) in [5, 5.41) is 46.7. The minimum absolute atomic E-state index is 0.129. The third-order valence-electron chi connectivity index (χ3n) is 10.8. The molecular formula is C27H44O6S. The van der Waals surface area contributed by atoms with Gasteiger partial charge in [-0.05, 0) is 55.1 Å². The monoisotopic (exact) mass is 496 g/mol. The van der Waals surface area contributed by atoms with Gasteiger partial charge in [-0.25, -0.2) is 0 Å². The van der Waals surface area contributed by atoms with Crippen LogP contribution in [0, 0.1) is 39.9 Å². The standard InChI is InChI=1S/C27H44O6S/c1-4-5-6-7-8-13-34-14-17-16-9-10-18-25-15-33-27(32,26(18,21(16)29)22(17)30)23(31)20(25)24(2,3)12-11-19(25)28/h16-21,23,28-29,31-32H,4-15H2,1-3H3/t16-,17-,18-,19+,20-,21-,23-,25-,26+,27-/m1/s1. The number of hydrogen-bond acceptors (Lipinski definition) is 7. The van der Waals surface area contributed by atoms with Crippen LogP contribution in [0.15, 0.2) is 0 Å². The lowest BCUT2D eigenvalue weighted by molar-refractivity contribution is -0.458. The molecule has 2 spiro atoms. The van der Waals surface area contributed by atoms with Crippen molar-refractivity contribution in [2.24, 2.45) is 39.9 Å². The Kier molecular flexibility index (Phi) is 6.51. The Morgan fingerprint density at radius 1 is 1.03 bits per heavy atom. The first-order chi connectivity index (χ1) is 16.1. The molecular weight excluding hydrogens is 452 g/mol. The summed E-state index contributed by atoms with van der Waals surface area (Å²) in [5.74, 6) is -1.94. The highest BCUT2D eigenvalue weighted by Gasteiger charge is 2.87. The molecule has 0 amide bonds. The van der Waals surface area contributed by atoms with Crippen LogP contribution in [0.1, 0.15) is 78.6 Å². The molecule has 0 aromatic carbocycles. The van der Waals surface area contributed by atoms with Crippen molar-refractivity contribution in [3.05, 3.63) is 0 Å². The van der Waals surface area contributed by atoms with Crippen LogP contribution >= 0.6 is 11.8 Å². The predicted molar refractivity (Wildman–Crippen MR) is 131 cm³/mol. The van der Waals surface area contributed by atoms with Crippen molar-refractivity contribution in [3.8, 4) is 0 Å². The topological polar surface area (TPSA) is 107 Å². The van der Waals surface area contributed by atoms with Crippen molar-refractivity contribution in [2.45, 2.75) is 103 Å². The number of Topliss-reactive ketones (excluding diaryl/α,β-unsaturated/α-hetero) is 1. The summed E-state index contributed by atoms with van der Waals surface area (Å²) >= 11 is 1.77. The molecule has 6 nitrogen and oxygen atoms in total. The van der Waals surface area contributed by atoms with Crippen LogP contribution in [0.2, 0.25) is 0 Å². The van der Waals surface area contributed by atoms with Gasteiger partial charge >= 0.3 is 0 Å². The van der Waals surface area contributed by atoms with Crippen molar-refractivity contribution in [1.82, 2.24) is 0 Å². The van der Waals surface area contributed by atoms with Gasteiger partial charge in [0.05, 0.1) is 18.8 Å². The van der Waals surface area contributed by atoms with Crippen molar-refractivity contribution in [2.75, 3.05) is 18.1 Å². The van der Waals surface area contributed by atoms with E-state index in [2.05, 4.69) is 20.8 Å². The van der Waals surface area contributed by atoms with Crippen LogP contribution < -0.4 is 0 Å². The molecule has 7 heteroatoms. The van der Waals surface area contributed by atoms with E-state index in [4.69, 9.17) is 4.74 Å². The van der Waals surface area contributed by atoms with E-state index in [1.807, 2.05) is 0 Å². The number of fused-ring (bicyclic) bond motifs is 2. The lowest BCUT2D eigenvalue weighted by Gasteiger charge is -2.74. The minimum atomic E-state index is -2.10. The van der Waals surface area contributed by atoms with Gasteiger partial charge in [0.25, 0.3) is 0 Å². The Balaban J connectivity index is 1.45. The van der Waals surface area contributed by atoms with Gasteiger partial charge < -0.3 is 25.2 Å². The molecule has 4 aliphatic carbocycles. The molecule has 10 atom stereocenters. The molecule has 4 saturated carbocycles. The lowest BCUT2D eigenvalue weighted by Crippen LogP contribution is -2.85. The first-order valence-corrected chi connectivity index (χ1v) is 14.8. The van der Waals surface area contributed by atoms with Gasteiger partial charge in [-0.1, -0.05) is 46.5 Å². The van der Waals surface area contributed by atoms with Crippen LogP contribution in [0.5, 0.6) is 0 Å². The zero-order chi connectivity index (χ0) is 24.5. The average Bonchev–Trinajstić information content (AvgIpc) is 2.90. The van der Waals surface area contributed by atoms with Crippen molar-refractivity contribution < 1.29 is 30.0 Å². The molecule has 2 saturated heterocycles. The van der Waals surface area contributed by atoms with E-state index in [9.17, 15) is 25.2 Å². The Labute approximate surface area is 208 Å². The first kappa shape index (κ1) is 25.5. The fourth-order valence-corrected chi connectivity index (χ4v) is 10.5. The summed E-state index contributed by atoms with van der Waals surface area (Å²) in [6.07, 6.45) is 5.68. The molecule has 0 aromatic rings. The Bertz CT molecular complexity index is 804. The van der Waals surface area contributed by atoms with Crippen LogP contribution in [0.25, 0.3) is 0 Å². The van der Waals surface area contributed by atoms with E-state index >= 15 is 0 Å². The highest BCUT2D eigenvalue weighted by Crippen LogP contribution is 2.76. The number of aliphatic hydroxyl groups is 4. The SMILES string of the molecule is CCCCCCCSC[C@H]1C(=O)[C@@]23[C@H](O)[C@@H]1CC[C@@H]2[C@@]12CO[C@]3(O)[C@H](O)[C@@H]1C(C)(C)CC[C@@H]2O. The summed E-state index contributed by atoms with van der Waals surface area (Å²) in [7, 11) is 0. The van der Waals surface area contributed by atoms with E-state index in [0.29, 0.717) is 18.6 Å². The Morgan fingerprint density at radius 2 is 1.76 bits per heavy atom. The molecule has 6 rings (SSSR count). The third-order valence-corrected chi connectivity index (χ3v) is 11.9. The molecule has 0 aromatic heterocycles.